The van der Waals surface area contributed by atoms with E-state index >= 15 is 0 Å². The third-order valence-corrected chi connectivity index (χ3v) is 2.94. The van der Waals surface area contributed by atoms with Crippen molar-refractivity contribution in [3.63, 3.8) is 0 Å². The van der Waals surface area contributed by atoms with Gasteiger partial charge in [-0.2, -0.15) is 0 Å². The van der Waals surface area contributed by atoms with Gasteiger partial charge >= 0.3 is 0 Å². The lowest BCUT2D eigenvalue weighted by Crippen LogP contribution is -2.34. The Labute approximate surface area is 97.4 Å². The summed E-state index contributed by atoms with van der Waals surface area (Å²) in [6.07, 6.45) is 5.68. The molecule has 16 heavy (non-hydrogen) atoms. The molecular weight excluding hydrogens is 206 g/mol. The monoisotopic (exact) mass is 229 g/mol. The minimum Gasteiger partial charge on any atom is -0.396 e. The molecule has 1 aliphatic rings. The lowest BCUT2D eigenvalue weighted by Gasteiger charge is -2.22. The van der Waals surface area contributed by atoms with Gasteiger partial charge in [-0.05, 0) is 39.0 Å². The highest BCUT2D eigenvalue weighted by Crippen LogP contribution is 2.16. The summed E-state index contributed by atoms with van der Waals surface area (Å²) in [6.45, 7) is 2.87. The number of rotatable bonds is 6. The van der Waals surface area contributed by atoms with Crippen LogP contribution in [0.2, 0.25) is 0 Å². The number of aliphatic hydroxyl groups excluding tert-OH is 1. The van der Waals surface area contributed by atoms with Crippen molar-refractivity contribution in [1.29, 1.82) is 0 Å². The SMILES string of the molecule is CC(CCO)NC(=O)CCC1CCCCO1. The second kappa shape index (κ2) is 7.63. The predicted octanol–water partition coefficient (Wildman–Crippen LogP) is 1.22. The lowest BCUT2D eigenvalue weighted by atomic mass is 10.0. The van der Waals surface area contributed by atoms with Crippen LogP contribution in [0.25, 0.3) is 0 Å². The van der Waals surface area contributed by atoms with Crippen LogP contribution in [0.4, 0.5) is 0 Å². The van der Waals surface area contributed by atoms with Crippen molar-refractivity contribution >= 4 is 5.91 Å². The molecule has 2 unspecified atom stereocenters. The van der Waals surface area contributed by atoms with E-state index < -0.39 is 0 Å². The van der Waals surface area contributed by atoms with Crippen LogP contribution < -0.4 is 5.32 Å². The van der Waals surface area contributed by atoms with Gasteiger partial charge in [0.25, 0.3) is 0 Å². The number of hydrogen-bond acceptors (Lipinski definition) is 3. The molecule has 4 nitrogen and oxygen atoms in total. The minimum absolute atomic E-state index is 0.0600. The highest BCUT2D eigenvalue weighted by molar-refractivity contribution is 5.76. The van der Waals surface area contributed by atoms with Crippen LogP contribution in [0, 0.1) is 0 Å². The summed E-state index contributed by atoms with van der Waals surface area (Å²) >= 11 is 0. The van der Waals surface area contributed by atoms with Crippen LogP contribution in [0.5, 0.6) is 0 Å². The van der Waals surface area contributed by atoms with Gasteiger partial charge in [0, 0.05) is 25.7 Å². The van der Waals surface area contributed by atoms with Crippen molar-refractivity contribution < 1.29 is 14.6 Å². The normalized spacial score (nSPS) is 22.8. The number of nitrogens with one attached hydrogen (secondary N) is 1. The Morgan fingerprint density at radius 1 is 1.56 bits per heavy atom. The van der Waals surface area contributed by atoms with E-state index in [0.717, 1.165) is 25.9 Å². The summed E-state index contributed by atoms with van der Waals surface area (Å²) in [5, 5.41) is 11.6. The Morgan fingerprint density at radius 2 is 2.38 bits per heavy atom. The lowest BCUT2D eigenvalue weighted by molar-refractivity contribution is -0.122. The number of ether oxygens (including phenoxy) is 1. The second-order valence-electron chi connectivity index (χ2n) is 4.51. The van der Waals surface area contributed by atoms with Crippen molar-refractivity contribution in [1.82, 2.24) is 5.32 Å². The number of amides is 1. The minimum atomic E-state index is 0.0600. The third-order valence-electron chi connectivity index (χ3n) is 2.94. The van der Waals surface area contributed by atoms with E-state index in [1.165, 1.54) is 6.42 Å². The van der Waals surface area contributed by atoms with Crippen molar-refractivity contribution in [2.45, 2.75) is 57.6 Å². The molecule has 1 saturated heterocycles. The summed E-state index contributed by atoms with van der Waals surface area (Å²) in [5.74, 6) is 0.0649. The molecule has 1 rings (SSSR count). The fourth-order valence-corrected chi connectivity index (χ4v) is 1.94. The van der Waals surface area contributed by atoms with Crippen molar-refractivity contribution in [2.75, 3.05) is 13.2 Å². The van der Waals surface area contributed by atoms with Crippen LogP contribution in [-0.2, 0) is 9.53 Å². The first-order valence-electron chi connectivity index (χ1n) is 6.24. The van der Waals surface area contributed by atoms with E-state index in [1.54, 1.807) is 0 Å². The largest absolute Gasteiger partial charge is 0.396 e. The maximum atomic E-state index is 11.5. The molecule has 0 aromatic carbocycles. The van der Waals surface area contributed by atoms with Gasteiger partial charge in [-0.15, -0.1) is 0 Å². The molecule has 0 aromatic rings. The molecule has 1 amide bonds. The maximum absolute atomic E-state index is 11.5. The van der Waals surface area contributed by atoms with Crippen LogP contribution in [0.15, 0.2) is 0 Å². The molecule has 0 aliphatic carbocycles. The summed E-state index contributed by atoms with van der Waals surface area (Å²) in [7, 11) is 0. The second-order valence-corrected chi connectivity index (χ2v) is 4.51. The topological polar surface area (TPSA) is 58.6 Å². The first-order chi connectivity index (χ1) is 7.72. The fraction of sp³-hybridized carbons (Fsp3) is 0.917. The Balaban J connectivity index is 2.09. The van der Waals surface area contributed by atoms with Crippen LogP contribution in [0.3, 0.4) is 0 Å². The number of carbonyl (C=O) groups excluding carboxylic acids is 1. The molecule has 2 N–H and O–H groups in total. The Morgan fingerprint density at radius 3 is 3.00 bits per heavy atom. The van der Waals surface area contributed by atoms with Gasteiger partial charge in [0.1, 0.15) is 0 Å². The van der Waals surface area contributed by atoms with E-state index in [2.05, 4.69) is 5.32 Å². The fourth-order valence-electron chi connectivity index (χ4n) is 1.94. The predicted molar refractivity (Wildman–Crippen MR) is 62.1 cm³/mol. The van der Waals surface area contributed by atoms with Gasteiger partial charge in [-0.25, -0.2) is 0 Å². The molecule has 0 aromatic heterocycles. The number of hydrogen-bond donors (Lipinski definition) is 2. The third kappa shape index (κ3) is 5.47. The summed E-state index contributed by atoms with van der Waals surface area (Å²) < 4.78 is 5.56. The standard InChI is InChI=1S/C12H23NO3/c1-10(7-8-14)13-12(15)6-5-11-4-2-3-9-16-11/h10-11,14H,2-9H2,1H3,(H,13,15). The molecule has 94 valence electrons. The van der Waals surface area contributed by atoms with Crippen LogP contribution >= 0.6 is 0 Å². The molecule has 0 saturated carbocycles. The molecule has 2 atom stereocenters. The highest BCUT2D eigenvalue weighted by Gasteiger charge is 2.15. The van der Waals surface area contributed by atoms with Gasteiger partial charge in [0.05, 0.1) is 6.10 Å². The first-order valence-corrected chi connectivity index (χ1v) is 6.24. The van der Waals surface area contributed by atoms with Crippen molar-refractivity contribution in [3.8, 4) is 0 Å². The highest BCUT2D eigenvalue weighted by atomic mass is 16.5. The molecule has 1 fully saturated rings. The number of carbonyl (C=O) groups is 1. The van der Waals surface area contributed by atoms with Gasteiger partial charge in [0.15, 0.2) is 0 Å². The van der Waals surface area contributed by atoms with E-state index in [9.17, 15) is 4.79 Å². The average Bonchev–Trinajstić information content (AvgIpc) is 2.28. The van der Waals surface area contributed by atoms with E-state index in [-0.39, 0.29) is 24.7 Å². The Bertz CT molecular complexity index is 202. The zero-order valence-electron chi connectivity index (χ0n) is 10.1. The summed E-state index contributed by atoms with van der Waals surface area (Å²) in [4.78, 5) is 11.5. The van der Waals surface area contributed by atoms with Crippen LogP contribution in [-0.4, -0.2) is 36.4 Å². The summed E-state index contributed by atoms with van der Waals surface area (Å²) in [6, 6.07) is 0.0600. The zero-order chi connectivity index (χ0) is 11.8. The summed E-state index contributed by atoms with van der Waals surface area (Å²) in [5.41, 5.74) is 0. The van der Waals surface area contributed by atoms with Gasteiger partial charge in [0.2, 0.25) is 5.91 Å². The smallest absolute Gasteiger partial charge is 0.220 e. The zero-order valence-corrected chi connectivity index (χ0v) is 10.1. The molecule has 1 heterocycles. The quantitative estimate of drug-likeness (QED) is 0.720. The number of aliphatic hydroxyl groups is 1. The van der Waals surface area contributed by atoms with Gasteiger partial charge in [-0.1, -0.05) is 0 Å². The van der Waals surface area contributed by atoms with Crippen LogP contribution in [0.1, 0.15) is 45.4 Å². The Kier molecular flexibility index (Phi) is 6.42. The van der Waals surface area contributed by atoms with Crippen molar-refractivity contribution in [3.05, 3.63) is 0 Å². The van der Waals surface area contributed by atoms with Gasteiger partial charge in [-0.3, -0.25) is 4.79 Å². The molecule has 1 aliphatic heterocycles. The first kappa shape index (κ1) is 13.5. The van der Waals surface area contributed by atoms with E-state index in [4.69, 9.17) is 9.84 Å². The Hall–Kier alpha value is -0.610. The van der Waals surface area contributed by atoms with E-state index in [0.29, 0.717) is 12.8 Å². The van der Waals surface area contributed by atoms with E-state index in [1.807, 2.05) is 6.92 Å². The molecule has 0 spiro atoms. The molecule has 0 radical (unpaired) electrons. The van der Waals surface area contributed by atoms with Gasteiger partial charge < -0.3 is 15.2 Å². The average molecular weight is 229 g/mol. The molecule has 0 bridgehead atoms. The molecule has 4 heteroatoms. The van der Waals surface area contributed by atoms with Crippen molar-refractivity contribution in [2.24, 2.45) is 0 Å². The maximum Gasteiger partial charge on any atom is 0.220 e. The molecular formula is C12H23NO3.